The van der Waals surface area contributed by atoms with Crippen molar-refractivity contribution < 1.29 is 0 Å². The molecule has 76 valence electrons. The Labute approximate surface area is 86.5 Å². The van der Waals surface area contributed by atoms with Crippen molar-refractivity contribution in [2.24, 2.45) is 0 Å². The monoisotopic (exact) mass is 189 g/mol. The topological polar surface area (TPSA) is 12.0 Å². The molecular weight excluding hydrogens is 170 g/mol. The first-order valence-corrected chi connectivity index (χ1v) is 5.49. The number of hydrogen-bond acceptors (Lipinski definition) is 1. The van der Waals surface area contributed by atoms with Crippen LogP contribution in [-0.2, 0) is 0 Å². The molecule has 1 aromatic carbocycles. The fourth-order valence-electron chi connectivity index (χ4n) is 2.01. The smallest absolute Gasteiger partial charge is 0.0140 e. The summed E-state index contributed by atoms with van der Waals surface area (Å²) in [6.07, 6.45) is 1.30. The first-order valence-electron chi connectivity index (χ1n) is 5.49. The summed E-state index contributed by atoms with van der Waals surface area (Å²) in [5.74, 6) is 1.41. The summed E-state index contributed by atoms with van der Waals surface area (Å²) >= 11 is 0. The van der Waals surface area contributed by atoms with Gasteiger partial charge in [-0.3, -0.25) is 0 Å². The Bertz CT molecular complexity index is 300. The molecule has 0 aliphatic heterocycles. The Balaban J connectivity index is 2.08. The second-order valence-corrected chi connectivity index (χ2v) is 4.56. The number of rotatable bonds is 3. The molecular formula is C13H19N. The fourth-order valence-corrected chi connectivity index (χ4v) is 2.01. The third-order valence-electron chi connectivity index (χ3n) is 3.19. The van der Waals surface area contributed by atoms with E-state index in [0.29, 0.717) is 5.92 Å². The first kappa shape index (κ1) is 9.72. The van der Waals surface area contributed by atoms with Gasteiger partial charge in [0.1, 0.15) is 0 Å². The van der Waals surface area contributed by atoms with Crippen LogP contribution in [0.15, 0.2) is 24.3 Å². The van der Waals surface area contributed by atoms with E-state index >= 15 is 0 Å². The third-order valence-corrected chi connectivity index (χ3v) is 3.19. The summed E-state index contributed by atoms with van der Waals surface area (Å²) in [5, 5.41) is 3.32. The van der Waals surface area contributed by atoms with Gasteiger partial charge in [0, 0.05) is 12.0 Å². The summed E-state index contributed by atoms with van der Waals surface area (Å²) in [5.41, 5.74) is 2.93. The van der Waals surface area contributed by atoms with Gasteiger partial charge in [0.2, 0.25) is 0 Å². The van der Waals surface area contributed by atoms with Crippen LogP contribution in [0.25, 0.3) is 0 Å². The summed E-state index contributed by atoms with van der Waals surface area (Å²) in [6.45, 7) is 4.48. The van der Waals surface area contributed by atoms with Crippen molar-refractivity contribution in [1.29, 1.82) is 0 Å². The summed E-state index contributed by atoms with van der Waals surface area (Å²) in [7, 11) is 2.05. The average molecular weight is 189 g/mol. The Kier molecular flexibility index (Phi) is 2.60. The average Bonchev–Trinajstić information content (AvgIpc) is 2.97. The van der Waals surface area contributed by atoms with Crippen LogP contribution in [0.3, 0.4) is 0 Å². The molecule has 0 bridgehead atoms. The molecule has 1 aromatic rings. The highest BCUT2D eigenvalue weighted by Gasteiger charge is 2.36. The molecule has 0 amide bonds. The van der Waals surface area contributed by atoms with Crippen molar-refractivity contribution in [2.45, 2.75) is 38.1 Å². The SMILES string of the molecule is CN[C@@H]1C[C@@H]1c1ccc(C(C)C)cc1. The molecule has 0 unspecified atom stereocenters. The minimum Gasteiger partial charge on any atom is -0.316 e. The van der Waals surface area contributed by atoms with Gasteiger partial charge in [-0.2, -0.15) is 0 Å². The summed E-state index contributed by atoms with van der Waals surface area (Å²) in [6, 6.07) is 9.84. The van der Waals surface area contributed by atoms with Gasteiger partial charge < -0.3 is 5.32 Å². The van der Waals surface area contributed by atoms with Crippen LogP contribution in [0, 0.1) is 0 Å². The summed E-state index contributed by atoms with van der Waals surface area (Å²) in [4.78, 5) is 0. The molecule has 1 fully saturated rings. The van der Waals surface area contributed by atoms with Gasteiger partial charge in [0.05, 0.1) is 0 Å². The largest absolute Gasteiger partial charge is 0.316 e. The molecule has 0 saturated heterocycles. The molecule has 0 radical (unpaired) electrons. The lowest BCUT2D eigenvalue weighted by Gasteiger charge is -2.06. The Morgan fingerprint density at radius 2 is 1.86 bits per heavy atom. The predicted octanol–water partition coefficient (Wildman–Crippen LogP) is 2.89. The maximum absolute atomic E-state index is 3.32. The van der Waals surface area contributed by atoms with Crippen LogP contribution >= 0.6 is 0 Å². The molecule has 1 N–H and O–H groups in total. The van der Waals surface area contributed by atoms with Gasteiger partial charge in [0.15, 0.2) is 0 Å². The van der Waals surface area contributed by atoms with Crippen LogP contribution in [0.4, 0.5) is 0 Å². The van der Waals surface area contributed by atoms with E-state index in [9.17, 15) is 0 Å². The lowest BCUT2D eigenvalue weighted by molar-refractivity contribution is 0.783. The zero-order valence-corrected chi connectivity index (χ0v) is 9.25. The Hall–Kier alpha value is -0.820. The van der Waals surface area contributed by atoms with Crippen LogP contribution in [0.5, 0.6) is 0 Å². The maximum Gasteiger partial charge on any atom is 0.0140 e. The molecule has 1 nitrogen and oxygen atoms in total. The van der Waals surface area contributed by atoms with Crippen molar-refractivity contribution in [3.63, 3.8) is 0 Å². The van der Waals surface area contributed by atoms with Crippen LogP contribution < -0.4 is 5.32 Å². The van der Waals surface area contributed by atoms with Gasteiger partial charge in [0.25, 0.3) is 0 Å². The number of nitrogens with one attached hydrogen (secondary N) is 1. The van der Waals surface area contributed by atoms with Crippen molar-refractivity contribution in [3.8, 4) is 0 Å². The van der Waals surface area contributed by atoms with Gasteiger partial charge >= 0.3 is 0 Å². The van der Waals surface area contributed by atoms with E-state index in [1.54, 1.807) is 0 Å². The third kappa shape index (κ3) is 1.83. The lowest BCUT2D eigenvalue weighted by atomic mass is 10.0. The van der Waals surface area contributed by atoms with E-state index < -0.39 is 0 Å². The molecule has 1 heteroatoms. The molecule has 14 heavy (non-hydrogen) atoms. The van der Waals surface area contributed by atoms with Gasteiger partial charge in [-0.25, -0.2) is 0 Å². The Morgan fingerprint density at radius 1 is 1.21 bits per heavy atom. The highest BCUT2D eigenvalue weighted by molar-refractivity contribution is 5.32. The van der Waals surface area contributed by atoms with E-state index in [2.05, 4.69) is 43.4 Å². The minimum atomic E-state index is 0.642. The zero-order valence-electron chi connectivity index (χ0n) is 9.25. The van der Waals surface area contributed by atoms with E-state index in [4.69, 9.17) is 0 Å². The highest BCUT2D eigenvalue weighted by atomic mass is 14.9. The minimum absolute atomic E-state index is 0.642. The molecule has 0 aromatic heterocycles. The highest BCUT2D eigenvalue weighted by Crippen LogP contribution is 2.40. The fraction of sp³-hybridized carbons (Fsp3) is 0.538. The van der Waals surface area contributed by atoms with Crippen molar-refractivity contribution in [3.05, 3.63) is 35.4 Å². The second kappa shape index (κ2) is 3.74. The molecule has 2 atom stereocenters. The van der Waals surface area contributed by atoms with Gasteiger partial charge in [-0.1, -0.05) is 38.1 Å². The van der Waals surface area contributed by atoms with E-state index in [0.717, 1.165) is 12.0 Å². The maximum atomic E-state index is 3.32. The number of hydrogen-bond donors (Lipinski definition) is 1. The summed E-state index contributed by atoms with van der Waals surface area (Å²) < 4.78 is 0. The molecule has 0 spiro atoms. The van der Waals surface area contributed by atoms with Crippen molar-refractivity contribution in [1.82, 2.24) is 5.32 Å². The Morgan fingerprint density at radius 3 is 2.29 bits per heavy atom. The number of benzene rings is 1. The zero-order chi connectivity index (χ0) is 10.1. The lowest BCUT2D eigenvalue weighted by Crippen LogP contribution is -2.10. The van der Waals surface area contributed by atoms with Crippen molar-refractivity contribution >= 4 is 0 Å². The van der Waals surface area contributed by atoms with E-state index in [-0.39, 0.29) is 0 Å². The van der Waals surface area contributed by atoms with Gasteiger partial charge in [-0.05, 0) is 30.5 Å². The van der Waals surface area contributed by atoms with E-state index in [1.807, 2.05) is 7.05 Å². The molecule has 1 saturated carbocycles. The van der Waals surface area contributed by atoms with Crippen LogP contribution in [-0.4, -0.2) is 13.1 Å². The molecule has 2 rings (SSSR count). The van der Waals surface area contributed by atoms with Gasteiger partial charge in [-0.15, -0.1) is 0 Å². The van der Waals surface area contributed by atoms with Crippen molar-refractivity contribution in [2.75, 3.05) is 7.05 Å². The predicted molar refractivity (Wildman–Crippen MR) is 60.7 cm³/mol. The standard InChI is InChI=1S/C13H19N/c1-9(2)10-4-6-11(7-5-10)12-8-13(12)14-3/h4-7,9,12-14H,8H2,1-3H3/t12-,13-/m1/s1. The quantitative estimate of drug-likeness (QED) is 0.771. The van der Waals surface area contributed by atoms with E-state index in [1.165, 1.54) is 17.5 Å². The molecule has 0 heterocycles. The van der Waals surface area contributed by atoms with Crippen LogP contribution in [0.1, 0.15) is 43.2 Å². The first-order chi connectivity index (χ1) is 6.72. The second-order valence-electron chi connectivity index (χ2n) is 4.56. The normalized spacial score (nSPS) is 25.4. The van der Waals surface area contributed by atoms with Crippen LogP contribution in [0.2, 0.25) is 0 Å². The molecule has 1 aliphatic carbocycles. The number of likely N-dealkylation sites (N-methyl/N-ethyl adjacent to an activating group) is 1. The molecule has 1 aliphatic rings.